The van der Waals surface area contributed by atoms with Gasteiger partial charge in [0.2, 0.25) is 5.76 Å². The van der Waals surface area contributed by atoms with Crippen molar-refractivity contribution in [2.45, 2.75) is 32.2 Å². The molecular formula is C15H14N4O3S. The maximum absolute atomic E-state index is 12.3. The molecule has 4 rings (SSSR count). The fourth-order valence-corrected chi connectivity index (χ4v) is 3.28. The molecule has 0 spiro atoms. The molecule has 0 radical (unpaired) electrons. The molecule has 118 valence electrons. The van der Waals surface area contributed by atoms with Crippen LogP contribution in [-0.4, -0.2) is 21.2 Å². The number of rotatable bonds is 4. The van der Waals surface area contributed by atoms with Gasteiger partial charge in [0.25, 0.3) is 11.8 Å². The maximum Gasteiger partial charge on any atom is 0.290 e. The number of carbonyl (C=O) groups is 1. The van der Waals surface area contributed by atoms with Crippen LogP contribution in [0.3, 0.4) is 0 Å². The number of aryl methyl sites for hydroxylation is 1. The Bertz CT molecular complexity index is 822. The average Bonchev–Trinajstić information content (AvgIpc) is 3.31. The van der Waals surface area contributed by atoms with Crippen LogP contribution < -0.4 is 5.32 Å². The van der Waals surface area contributed by atoms with E-state index < -0.39 is 0 Å². The Morgan fingerprint density at radius 3 is 3.04 bits per heavy atom. The number of thiophene rings is 1. The van der Waals surface area contributed by atoms with Crippen molar-refractivity contribution in [2.24, 2.45) is 0 Å². The van der Waals surface area contributed by atoms with Gasteiger partial charge in [-0.3, -0.25) is 4.79 Å². The van der Waals surface area contributed by atoms with E-state index in [4.69, 9.17) is 9.05 Å². The number of nitrogens with zero attached hydrogens (tertiary/aromatic N) is 3. The highest BCUT2D eigenvalue weighted by atomic mass is 32.1. The van der Waals surface area contributed by atoms with E-state index in [0.717, 1.165) is 41.8 Å². The zero-order valence-electron chi connectivity index (χ0n) is 12.2. The summed E-state index contributed by atoms with van der Waals surface area (Å²) in [6.07, 6.45) is 3.87. The third kappa shape index (κ3) is 2.77. The maximum atomic E-state index is 12.3. The summed E-state index contributed by atoms with van der Waals surface area (Å²) in [5.74, 6) is 0.904. The van der Waals surface area contributed by atoms with Crippen molar-refractivity contribution in [3.63, 3.8) is 0 Å². The van der Waals surface area contributed by atoms with Gasteiger partial charge in [-0.1, -0.05) is 16.4 Å². The van der Waals surface area contributed by atoms with Crippen molar-refractivity contribution in [1.82, 2.24) is 20.6 Å². The van der Waals surface area contributed by atoms with Crippen LogP contribution in [0, 0.1) is 0 Å². The molecule has 0 bridgehead atoms. The zero-order valence-corrected chi connectivity index (χ0v) is 13.1. The van der Waals surface area contributed by atoms with Gasteiger partial charge in [-0.05, 0) is 37.1 Å². The van der Waals surface area contributed by atoms with Crippen LogP contribution in [0.15, 0.2) is 26.6 Å². The molecule has 8 heteroatoms. The number of amides is 1. The molecule has 0 aromatic carbocycles. The van der Waals surface area contributed by atoms with Crippen molar-refractivity contribution < 1.29 is 13.8 Å². The molecule has 1 aliphatic carbocycles. The van der Waals surface area contributed by atoms with Gasteiger partial charge in [-0.15, -0.1) is 11.3 Å². The van der Waals surface area contributed by atoms with Crippen molar-refractivity contribution >= 4 is 17.2 Å². The molecule has 3 aromatic heterocycles. The Labute approximate surface area is 135 Å². The molecule has 0 atom stereocenters. The third-order valence-electron chi connectivity index (χ3n) is 3.77. The highest BCUT2D eigenvalue weighted by Crippen LogP contribution is 2.24. The standard InChI is InChI=1S/C15H14N4O3S/c20-14(13-9-4-1-2-5-10(9)18-21-13)16-8-12-17-15(22-19-12)11-6-3-7-23-11/h3,6-7H,1-2,4-5,8H2,(H,16,20). The third-order valence-corrected chi connectivity index (χ3v) is 4.63. The summed E-state index contributed by atoms with van der Waals surface area (Å²) in [5.41, 5.74) is 1.84. The fraction of sp³-hybridized carbons (Fsp3) is 0.333. The van der Waals surface area contributed by atoms with E-state index in [2.05, 4.69) is 20.6 Å². The largest absolute Gasteiger partial charge is 0.350 e. The van der Waals surface area contributed by atoms with Crippen molar-refractivity contribution in [2.75, 3.05) is 0 Å². The van der Waals surface area contributed by atoms with E-state index in [0.29, 0.717) is 17.5 Å². The van der Waals surface area contributed by atoms with E-state index in [1.807, 2.05) is 17.5 Å². The Hall–Kier alpha value is -2.48. The van der Waals surface area contributed by atoms with E-state index >= 15 is 0 Å². The molecule has 3 aromatic rings. The molecule has 23 heavy (non-hydrogen) atoms. The Balaban J connectivity index is 1.43. The molecule has 3 heterocycles. The van der Waals surface area contributed by atoms with E-state index in [1.165, 1.54) is 11.3 Å². The van der Waals surface area contributed by atoms with Crippen LogP contribution in [0.4, 0.5) is 0 Å². The molecule has 1 N–H and O–H groups in total. The van der Waals surface area contributed by atoms with Crippen LogP contribution >= 0.6 is 11.3 Å². The van der Waals surface area contributed by atoms with E-state index in [9.17, 15) is 4.79 Å². The topological polar surface area (TPSA) is 94.1 Å². The summed E-state index contributed by atoms with van der Waals surface area (Å²) in [7, 11) is 0. The molecule has 0 saturated heterocycles. The second-order valence-corrected chi connectivity index (χ2v) is 6.27. The lowest BCUT2D eigenvalue weighted by Gasteiger charge is -2.08. The van der Waals surface area contributed by atoms with Crippen LogP contribution in [-0.2, 0) is 19.4 Å². The molecule has 0 aliphatic heterocycles. The van der Waals surface area contributed by atoms with Crippen LogP contribution in [0.1, 0.15) is 40.5 Å². The average molecular weight is 330 g/mol. The van der Waals surface area contributed by atoms with E-state index in [1.54, 1.807) is 0 Å². The number of nitrogens with one attached hydrogen (secondary N) is 1. The predicted molar refractivity (Wildman–Crippen MR) is 81.9 cm³/mol. The first kappa shape index (κ1) is 14.1. The fourth-order valence-electron chi connectivity index (χ4n) is 2.63. The van der Waals surface area contributed by atoms with Crippen molar-refractivity contribution in [1.29, 1.82) is 0 Å². The number of carbonyl (C=O) groups excluding carboxylic acids is 1. The summed E-state index contributed by atoms with van der Waals surface area (Å²) < 4.78 is 10.4. The lowest BCUT2D eigenvalue weighted by atomic mass is 9.96. The van der Waals surface area contributed by atoms with Gasteiger partial charge in [0.1, 0.15) is 0 Å². The molecule has 0 unspecified atom stereocenters. The van der Waals surface area contributed by atoms with Gasteiger partial charge < -0.3 is 14.4 Å². The SMILES string of the molecule is O=C(NCc1noc(-c2cccs2)n1)c1onc2c1CCCC2. The lowest BCUT2D eigenvalue weighted by molar-refractivity contribution is 0.0911. The zero-order chi connectivity index (χ0) is 15.6. The number of hydrogen-bond donors (Lipinski definition) is 1. The highest BCUT2D eigenvalue weighted by Gasteiger charge is 2.24. The molecule has 0 fully saturated rings. The predicted octanol–water partition coefficient (Wildman–Crippen LogP) is 2.59. The Morgan fingerprint density at radius 1 is 1.26 bits per heavy atom. The van der Waals surface area contributed by atoms with Gasteiger partial charge in [0.15, 0.2) is 5.82 Å². The molecule has 7 nitrogen and oxygen atoms in total. The van der Waals surface area contributed by atoms with Crippen LogP contribution in [0.2, 0.25) is 0 Å². The highest BCUT2D eigenvalue weighted by molar-refractivity contribution is 7.13. The molecule has 1 amide bonds. The molecule has 0 saturated carbocycles. The van der Waals surface area contributed by atoms with Gasteiger partial charge in [-0.2, -0.15) is 4.98 Å². The number of aromatic nitrogens is 3. The first-order valence-electron chi connectivity index (χ1n) is 7.43. The molecular weight excluding hydrogens is 316 g/mol. The second kappa shape index (κ2) is 5.96. The van der Waals surface area contributed by atoms with Crippen molar-refractivity contribution in [3.05, 3.63) is 40.4 Å². The first-order chi connectivity index (χ1) is 11.3. The van der Waals surface area contributed by atoms with Gasteiger partial charge >= 0.3 is 0 Å². The summed E-state index contributed by atoms with van der Waals surface area (Å²) in [6.45, 7) is 0.184. The van der Waals surface area contributed by atoms with Gasteiger partial charge in [0, 0.05) is 5.56 Å². The number of hydrogen-bond acceptors (Lipinski definition) is 7. The second-order valence-electron chi connectivity index (χ2n) is 5.32. The Kier molecular flexibility index (Phi) is 3.66. The van der Waals surface area contributed by atoms with Crippen molar-refractivity contribution in [3.8, 4) is 10.8 Å². The minimum atomic E-state index is -0.289. The number of fused-ring (bicyclic) bond motifs is 1. The summed E-state index contributed by atoms with van der Waals surface area (Å²) in [6, 6.07) is 3.82. The smallest absolute Gasteiger partial charge is 0.290 e. The summed E-state index contributed by atoms with van der Waals surface area (Å²) in [4.78, 5) is 17.4. The minimum absolute atomic E-state index is 0.184. The van der Waals surface area contributed by atoms with Crippen LogP contribution in [0.25, 0.3) is 10.8 Å². The van der Waals surface area contributed by atoms with E-state index in [-0.39, 0.29) is 12.5 Å². The Morgan fingerprint density at radius 2 is 2.17 bits per heavy atom. The van der Waals surface area contributed by atoms with Gasteiger partial charge in [-0.25, -0.2) is 0 Å². The normalized spacial score (nSPS) is 13.7. The monoisotopic (exact) mass is 330 g/mol. The first-order valence-corrected chi connectivity index (χ1v) is 8.31. The molecule has 1 aliphatic rings. The summed E-state index contributed by atoms with van der Waals surface area (Å²) in [5, 5.41) is 12.6. The minimum Gasteiger partial charge on any atom is -0.350 e. The summed E-state index contributed by atoms with van der Waals surface area (Å²) >= 11 is 1.52. The van der Waals surface area contributed by atoms with Crippen LogP contribution in [0.5, 0.6) is 0 Å². The quantitative estimate of drug-likeness (QED) is 0.790. The lowest BCUT2D eigenvalue weighted by Crippen LogP contribution is -2.24. The van der Waals surface area contributed by atoms with Gasteiger partial charge in [0.05, 0.1) is 17.1 Å².